The maximum Gasteiger partial charge on any atom is 0.320 e. The van der Waals surface area contributed by atoms with Gasteiger partial charge in [0.25, 0.3) is 0 Å². The van der Waals surface area contributed by atoms with Crippen LogP contribution in [-0.4, -0.2) is 42.0 Å². The number of urea groups is 1. The Morgan fingerprint density at radius 1 is 1.00 bits per heavy atom. The molecular formula is C13H22N2O. The van der Waals surface area contributed by atoms with Crippen molar-refractivity contribution in [3.63, 3.8) is 0 Å². The van der Waals surface area contributed by atoms with Crippen LogP contribution in [0.5, 0.6) is 0 Å². The number of rotatable bonds is 0. The van der Waals surface area contributed by atoms with Crippen molar-refractivity contribution in [2.75, 3.05) is 26.2 Å². The second kappa shape index (κ2) is 3.94. The van der Waals surface area contributed by atoms with Gasteiger partial charge in [0.1, 0.15) is 0 Å². The predicted molar refractivity (Wildman–Crippen MR) is 63.2 cm³/mol. The lowest BCUT2D eigenvalue weighted by molar-refractivity contribution is 0.168. The van der Waals surface area contributed by atoms with Crippen LogP contribution in [0.3, 0.4) is 0 Å². The van der Waals surface area contributed by atoms with E-state index in [9.17, 15) is 4.79 Å². The van der Waals surface area contributed by atoms with Crippen LogP contribution in [0.1, 0.15) is 32.6 Å². The van der Waals surface area contributed by atoms with E-state index in [1.165, 1.54) is 25.7 Å². The van der Waals surface area contributed by atoms with E-state index in [0.717, 1.165) is 43.9 Å². The molecule has 0 aromatic rings. The number of fused-ring (bicyclic) bond motifs is 1. The first-order valence-corrected chi connectivity index (χ1v) is 6.78. The zero-order valence-electron chi connectivity index (χ0n) is 10.2. The summed E-state index contributed by atoms with van der Waals surface area (Å²) in [6.07, 6.45) is 5.08. The Labute approximate surface area is 97.8 Å². The van der Waals surface area contributed by atoms with Gasteiger partial charge in [0.15, 0.2) is 0 Å². The zero-order chi connectivity index (χ0) is 11.1. The Bertz CT molecular complexity index is 272. The Morgan fingerprint density at radius 3 is 2.12 bits per heavy atom. The molecule has 90 valence electrons. The average molecular weight is 222 g/mol. The van der Waals surface area contributed by atoms with E-state index in [1.807, 2.05) is 4.90 Å². The van der Waals surface area contributed by atoms with Crippen molar-refractivity contribution < 1.29 is 4.79 Å². The van der Waals surface area contributed by atoms with E-state index in [4.69, 9.17) is 0 Å². The Morgan fingerprint density at radius 2 is 1.56 bits per heavy atom. The zero-order valence-corrected chi connectivity index (χ0v) is 10.2. The average Bonchev–Trinajstić information content (AvgIpc) is 2.89. The van der Waals surface area contributed by atoms with Crippen LogP contribution in [0.4, 0.5) is 4.79 Å². The lowest BCUT2D eigenvalue weighted by atomic mass is 10.0. The molecule has 2 saturated heterocycles. The van der Waals surface area contributed by atoms with Gasteiger partial charge in [0.2, 0.25) is 0 Å². The summed E-state index contributed by atoms with van der Waals surface area (Å²) in [6.45, 7) is 6.39. The molecule has 2 aliphatic heterocycles. The summed E-state index contributed by atoms with van der Waals surface area (Å²) in [5, 5.41) is 0. The van der Waals surface area contributed by atoms with Gasteiger partial charge in [-0.2, -0.15) is 0 Å². The molecule has 3 atom stereocenters. The molecule has 2 heterocycles. The molecule has 0 bridgehead atoms. The topological polar surface area (TPSA) is 23.6 Å². The van der Waals surface area contributed by atoms with Crippen molar-refractivity contribution in [1.82, 2.24) is 9.80 Å². The van der Waals surface area contributed by atoms with Gasteiger partial charge in [-0.15, -0.1) is 0 Å². The molecule has 2 amide bonds. The number of carbonyl (C=O) groups is 1. The second-order valence-electron chi connectivity index (χ2n) is 5.98. The lowest BCUT2D eigenvalue weighted by Crippen LogP contribution is -2.40. The molecule has 0 aromatic carbocycles. The first-order chi connectivity index (χ1) is 7.74. The molecule has 0 N–H and O–H groups in total. The quantitative estimate of drug-likeness (QED) is 0.616. The Hall–Kier alpha value is -0.730. The normalized spacial score (nSPS) is 38.2. The SMILES string of the molecule is CC1C[C@@H]2CN(C(=O)N3CCCC3)C[C@@H]2C1. The monoisotopic (exact) mass is 222 g/mol. The van der Waals surface area contributed by atoms with Crippen LogP contribution in [0.15, 0.2) is 0 Å². The van der Waals surface area contributed by atoms with E-state index in [-0.39, 0.29) is 0 Å². The van der Waals surface area contributed by atoms with E-state index >= 15 is 0 Å². The summed E-state index contributed by atoms with van der Waals surface area (Å²) in [5.41, 5.74) is 0. The van der Waals surface area contributed by atoms with Gasteiger partial charge in [-0.3, -0.25) is 0 Å². The highest BCUT2D eigenvalue weighted by molar-refractivity contribution is 5.75. The lowest BCUT2D eigenvalue weighted by Gasteiger charge is -2.24. The van der Waals surface area contributed by atoms with Gasteiger partial charge >= 0.3 is 6.03 Å². The molecule has 3 nitrogen and oxygen atoms in total. The molecule has 1 saturated carbocycles. The van der Waals surface area contributed by atoms with Crippen molar-refractivity contribution >= 4 is 6.03 Å². The van der Waals surface area contributed by atoms with Crippen LogP contribution in [0, 0.1) is 17.8 Å². The maximum atomic E-state index is 12.2. The summed E-state index contributed by atoms with van der Waals surface area (Å²) < 4.78 is 0. The summed E-state index contributed by atoms with van der Waals surface area (Å²) in [5.74, 6) is 2.50. The van der Waals surface area contributed by atoms with Crippen molar-refractivity contribution in [3.05, 3.63) is 0 Å². The predicted octanol–water partition coefficient (Wildman–Crippen LogP) is 2.18. The molecule has 1 unspecified atom stereocenters. The minimum atomic E-state index is 0.319. The van der Waals surface area contributed by atoms with Crippen LogP contribution in [0.25, 0.3) is 0 Å². The van der Waals surface area contributed by atoms with Crippen LogP contribution < -0.4 is 0 Å². The summed E-state index contributed by atoms with van der Waals surface area (Å²) >= 11 is 0. The van der Waals surface area contributed by atoms with Gasteiger partial charge in [0.05, 0.1) is 0 Å². The molecular weight excluding hydrogens is 200 g/mol. The minimum Gasteiger partial charge on any atom is -0.325 e. The molecule has 0 aromatic heterocycles. The summed E-state index contributed by atoms with van der Waals surface area (Å²) in [4.78, 5) is 16.4. The fourth-order valence-corrected chi connectivity index (χ4v) is 3.87. The van der Waals surface area contributed by atoms with Gasteiger partial charge in [-0.05, 0) is 43.4 Å². The van der Waals surface area contributed by atoms with Gasteiger partial charge in [0, 0.05) is 26.2 Å². The highest BCUT2D eigenvalue weighted by atomic mass is 16.2. The van der Waals surface area contributed by atoms with Crippen LogP contribution in [-0.2, 0) is 0 Å². The van der Waals surface area contributed by atoms with E-state index in [0.29, 0.717) is 6.03 Å². The van der Waals surface area contributed by atoms with E-state index in [1.54, 1.807) is 0 Å². The van der Waals surface area contributed by atoms with Crippen LogP contribution in [0.2, 0.25) is 0 Å². The number of hydrogen-bond acceptors (Lipinski definition) is 1. The highest BCUT2D eigenvalue weighted by Gasteiger charge is 2.41. The van der Waals surface area contributed by atoms with Crippen LogP contribution >= 0.6 is 0 Å². The van der Waals surface area contributed by atoms with E-state index in [2.05, 4.69) is 11.8 Å². The maximum absolute atomic E-state index is 12.2. The van der Waals surface area contributed by atoms with Gasteiger partial charge in [-0.1, -0.05) is 6.92 Å². The van der Waals surface area contributed by atoms with Crippen molar-refractivity contribution in [3.8, 4) is 0 Å². The molecule has 3 aliphatic rings. The highest BCUT2D eigenvalue weighted by Crippen LogP contribution is 2.41. The molecule has 1 aliphatic carbocycles. The summed E-state index contributed by atoms with van der Waals surface area (Å²) in [7, 11) is 0. The molecule has 0 radical (unpaired) electrons. The van der Waals surface area contributed by atoms with Crippen molar-refractivity contribution in [2.24, 2.45) is 17.8 Å². The Balaban J connectivity index is 1.60. The van der Waals surface area contributed by atoms with Crippen molar-refractivity contribution in [2.45, 2.75) is 32.6 Å². The van der Waals surface area contributed by atoms with Crippen molar-refractivity contribution in [1.29, 1.82) is 0 Å². The third kappa shape index (κ3) is 1.70. The number of likely N-dealkylation sites (tertiary alicyclic amines) is 2. The van der Waals surface area contributed by atoms with Gasteiger partial charge in [-0.25, -0.2) is 4.79 Å². The first kappa shape index (κ1) is 10.4. The molecule has 3 rings (SSSR count). The number of nitrogens with zero attached hydrogens (tertiary/aromatic N) is 2. The second-order valence-corrected chi connectivity index (χ2v) is 5.98. The number of hydrogen-bond donors (Lipinski definition) is 0. The first-order valence-electron chi connectivity index (χ1n) is 6.78. The Kier molecular flexibility index (Phi) is 2.56. The molecule has 16 heavy (non-hydrogen) atoms. The van der Waals surface area contributed by atoms with Gasteiger partial charge < -0.3 is 9.80 Å². The number of amides is 2. The fraction of sp³-hybridized carbons (Fsp3) is 0.923. The minimum absolute atomic E-state index is 0.319. The molecule has 3 heteroatoms. The van der Waals surface area contributed by atoms with E-state index < -0.39 is 0 Å². The third-order valence-electron chi connectivity index (χ3n) is 4.63. The number of carbonyl (C=O) groups excluding carboxylic acids is 1. The molecule has 0 spiro atoms. The molecule has 3 fully saturated rings. The largest absolute Gasteiger partial charge is 0.325 e. The smallest absolute Gasteiger partial charge is 0.320 e. The summed E-state index contributed by atoms with van der Waals surface area (Å²) in [6, 6.07) is 0.319. The third-order valence-corrected chi connectivity index (χ3v) is 4.63. The fourth-order valence-electron chi connectivity index (χ4n) is 3.87. The standard InChI is InChI=1S/C13H22N2O/c1-10-6-11-8-15(9-12(11)7-10)13(16)14-4-2-3-5-14/h10-12H,2-9H2,1H3/t10?,11-,12+.